The molecule has 0 aliphatic heterocycles. The van der Waals surface area contributed by atoms with Crippen molar-refractivity contribution >= 4 is 0 Å². The number of alkyl halides is 3. The van der Waals surface area contributed by atoms with Crippen LogP contribution < -0.4 is 0 Å². The molecule has 2 aromatic rings. The fraction of sp³-hybridized carbons (Fsp3) is 0.267. The third kappa shape index (κ3) is 3.34. The van der Waals surface area contributed by atoms with Crippen LogP contribution in [0.2, 0.25) is 0 Å². The summed E-state index contributed by atoms with van der Waals surface area (Å²) in [6.07, 6.45) is -1.19. The number of pyridine rings is 1. The van der Waals surface area contributed by atoms with Gasteiger partial charge >= 0.3 is 6.18 Å². The first kappa shape index (κ1) is 13.6. The fourth-order valence-corrected chi connectivity index (χ4v) is 1.92. The van der Waals surface area contributed by atoms with Crippen LogP contribution in [0.3, 0.4) is 0 Å². The molecule has 1 aromatic carbocycles. The highest BCUT2D eigenvalue weighted by atomic mass is 19.4. The number of hydrogen-bond acceptors (Lipinski definition) is 1. The molecule has 0 saturated carbocycles. The molecule has 0 aliphatic carbocycles. The Labute approximate surface area is 110 Å². The Morgan fingerprint density at radius 2 is 1.68 bits per heavy atom. The monoisotopic (exact) mass is 265 g/mol. The minimum Gasteiger partial charge on any atom is -0.252 e. The quantitative estimate of drug-likeness (QED) is 0.782. The third-order valence-corrected chi connectivity index (χ3v) is 2.88. The number of halogens is 3. The van der Waals surface area contributed by atoms with Crippen LogP contribution in [0.15, 0.2) is 42.6 Å². The van der Waals surface area contributed by atoms with E-state index in [-0.39, 0.29) is 0 Å². The standard InChI is InChI=1S/C15H14F3N/c1-2-3-11-4-6-12(7-5-11)13-8-9-19-14(10-13)15(16,17)18/h4-10H,2-3H2,1H3. The summed E-state index contributed by atoms with van der Waals surface area (Å²) in [5.41, 5.74) is 1.64. The van der Waals surface area contributed by atoms with Crippen molar-refractivity contribution in [1.29, 1.82) is 0 Å². The maximum Gasteiger partial charge on any atom is 0.433 e. The summed E-state index contributed by atoms with van der Waals surface area (Å²) in [5.74, 6) is 0. The van der Waals surface area contributed by atoms with Crippen LogP contribution in [0.4, 0.5) is 13.2 Å². The molecule has 0 spiro atoms. The topological polar surface area (TPSA) is 12.9 Å². The second-order valence-electron chi connectivity index (χ2n) is 4.37. The summed E-state index contributed by atoms with van der Waals surface area (Å²) in [7, 11) is 0. The van der Waals surface area contributed by atoms with Crippen LogP contribution in [-0.4, -0.2) is 4.98 Å². The second kappa shape index (κ2) is 5.43. The molecular weight excluding hydrogens is 251 g/mol. The zero-order chi connectivity index (χ0) is 13.9. The van der Waals surface area contributed by atoms with Gasteiger partial charge in [-0.2, -0.15) is 13.2 Å². The van der Waals surface area contributed by atoms with Crippen LogP contribution in [0, 0.1) is 0 Å². The first-order valence-electron chi connectivity index (χ1n) is 6.13. The fourth-order valence-electron chi connectivity index (χ4n) is 1.92. The van der Waals surface area contributed by atoms with Gasteiger partial charge in [-0.25, -0.2) is 0 Å². The first-order valence-corrected chi connectivity index (χ1v) is 6.13. The third-order valence-electron chi connectivity index (χ3n) is 2.88. The molecule has 0 bridgehead atoms. The van der Waals surface area contributed by atoms with E-state index in [2.05, 4.69) is 11.9 Å². The zero-order valence-corrected chi connectivity index (χ0v) is 10.5. The van der Waals surface area contributed by atoms with E-state index < -0.39 is 11.9 Å². The summed E-state index contributed by atoms with van der Waals surface area (Å²) in [6.45, 7) is 2.09. The molecule has 0 N–H and O–H groups in total. The Bertz CT molecular complexity index is 544. The van der Waals surface area contributed by atoms with Crippen LogP contribution in [-0.2, 0) is 12.6 Å². The lowest BCUT2D eigenvalue weighted by atomic mass is 10.0. The summed E-state index contributed by atoms with van der Waals surface area (Å²) in [5, 5.41) is 0. The minimum atomic E-state index is -4.40. The molecule has 0 atom stereocenters. The molecule has 0 amide bonds. The van der Waals surface area contributed by atoms with Crippen molar-refractivity contribution in [2.24, 2.45) is 0 Å². The van der Waals surface area contributed by atoms with Crippen LogP contribution >= 0.6 is 0 Å². The van der Waals surface area contributed by atoms with Crippen molar-refractivity contribution in [3.8, 4) is 11.1 Å². The first-order chi connectivity index (χ1) is 9.00. The second-order valence-corrected chi connectivity index (χ2v) is 4.37. The molecule has 1 aromatic heterocycles. The van der Waals surface area contributed by atoms with E-state index in [9.17, 15) is 13.2 Å². The van der Waals surface area contributed by atoms with Gasteiger partial charge in [-0.05, 0) is 35.2 Å². The van der Waals surface area contributed by atoms with E-state index in [4.69, 9.17) is 0 Å². The van der Waals surface area contributed by atoms with Gasteiger partial charge in [0.2, 0.25) is 0 Å². The van der Waals surface area contributed by atoms with Gasteiger partial charge in [0.05, 0.1) is 0 Å². The van der Waals surface area contributed by atoms with E-state index >= 15 is 0 Å². The molecule has 1 nitrogen and oxygen atoms in total. The largest absolute Gasteiger partial charge is 0.433 e. The molecule has 0 saturated heterocycles. The van der Waals surface area contributed by atoms with Crippen molar-refractivity contribution in [3.05, 3.63) is 53.9 Å². The summed E-state index contributed by atoms with van der Waals surface area (Å²) in [4.78, 5) is 3.36. The smallest absolute Gasteiger partial charge is 0.252 e. The van der Waals surface area contributed by atoms with Crippen molar-refractivity contribution in [1.82, 2.24) is 4.98 Å². The van der Waals surface area contributed by atoms with E-state index in [0.29, 0.717) is 5.56 Å². The predicted molar refractivity (Wildman–Crippen MR) is 68.7 cm³/mol. The number of aryl methyl sites for hydroxylation is 1. The molecule has 0 fully saturated rings. The molecule has 1 heterocycles. The highest BCUT2D eigenvalue weighted by molar-refractivity contribution is 5.63. The molecule has 4 heteroatoms. The van der Waals surface area contributed by atoms with Gasteiger partial charge in [-0.15, -0.1) is 0 Å². The molecule has 19 heavy (non-hydrogen) atoms. The maximum atomic E-state index is 12.6. The van der Waals surface area contributed by atoms with Crippen molar-refractivity contribution < 1.29 is 13.2 Å². The number of hydrogen-bond donors (Lipinski definition) is 0. The van der Waals surface area contributed by atoms with Crippen LogP contribution in [0.25, 0.3) is 11.1 Å². The van der Waals surface area contributed by atoms with Crippen LogP contribution in [0.5, 0.6) is 0 Å². The molecule has 0 radical (unpaired) electrons. The summed E-state index contributed by atoms with van der Waals surface area (Å²) < 4.78 is 37.8. The number of nitrogens with zero attached hydrogens (tertiary/aromatic N) is 1. The van der Waals surface area contributed by atoms with Gasteiger partial charge in [0.15, 0.2) is 0 Å². The Morgan fingerprint density at radius 3 is 2.26 bits per heavy atom. The Morgan fingerprint density at radius 1 is 1.00 bits per heavy atom. The highest BCUT2D eigenvalue weighted by Crippen LogP contribution is 2.30. The normalized spacial score (nSPS) is 11.6. The van der Waals surface area contributed by atoms with Gasteiger partial charge in [0.1, 0.15) is 5.69 Å². The Kier molecular flexibility index (Phi) is 3.88. The molecule has 2 rings (SSSR count). The van der Waals surface area contributed by atoms with E-state index in [1.165, 1.54) is 11.8 Å². The molecular formula is C15H14F3N. The predicted octanol–water partition coefficient (Wildman–Crippen LogP) is 4.72. The Balaban J connectivity index is 2.31. The van der Waals surface area contributed by atoms with E-state index in [1.54, 1.807) is 6.07 Å². The minimum absolute atomic E-state index is 0.533. The molecule has 0 aliphatic rings. The van der Waals surface area contributed by atoms with Gasteiger partial charge < -0.3 is 0 Å². The number of benzene rings is 1. The van der Waals surface area contributed by atoms with E-state index in [1.807, 2.05) is 24.3 Å². The van der Waals surface area contributed by atoms with Gasteiger partial charge in [0.25, 0.3) is 0 Å². The average molecular weight is 265 g/mol. The molecule has 100 valence electrons. The number of aromatic nitrogens is 1. The van der Waals surface area contributed by atoms with Crippen molar-refractivity contribution in [2.45, 2.75) is 25.9 Å². The highest BCUT2D eigenvalue weighted by Gasteiger charge is 2.32. The van der Waals surface area contributed by atoms with Crippen molar-refractivity contribution in [2.75, 3.05) is 0 Å². The molecule has 0 unspecified atom stereocenters. The average Bonchev–Trinajstić information content (AvgIpc) is 2.39. The van der Waals surface area contributed by atoms with Crippen molar-refractivity contribution in [3.63, 3.8) is 0 Å². The van der Waals surface area contributed by atoms with Gasteiger partial charge in [-0.1, -0.05) is 37.6 Å². The maximum absolute atomic E-state index is 12.6. The Hall–Kier alpha value is -1.84. The van der Waals surface area contributed by atoms with E-state index in [0.717, 1.165) is 24.5 Å². The zero-order valence-electron chi connectivity index (χ0n) is 10.5. The summed E-state index contributed by atoms with van der Waals surface area (Å²) >= 11 is 0. The summed E-state index contributed by atoms with van der Waals surface area (Å²) in [6, 6.07) is 10.3. The lowest BCUT2D eigenvalue weighted by Crippen LogP contribution is -2.07. The SMILES string of the molecule is CCCc1ccc(-c2ccnc(C(F)(F)F)c2)cc1. The van der Waals surface area contributed by atoms with Gasteiger partial charge in [-0.3, -0.25) is 4.98 Å². The number of rotatable bonds is 3. The lowest BCUT2D eigenvalue weighted by molar-refractivity contribution is -0.141. The van der Waals surface area contributed by atoms with Gasteiger partial charge in [0, 0.05) is 6.20 Å². The van der Waals surface area contributed by atoms with Crippen LogP contribution in [0.1, 0.15) is 24.6 Å². The lowest BCUT2D eigenvalue weighted by Gasteiger charge is -2.08.